The fraction of sp³-hybridized carbons (Fsp3) is 0.353. The first kappa shape index (κ1) is 18.3. The first-order valence-electron chi connectivity index (χ1n) is 7.77. The molecule has 1 aromatic heterocycles. The van der Waals surface area contributed by atoms with Gasteiger partial charge in [-0.25, -0.2) is 4.98 Å². The fourth-order valence-electron chi connectivity index (χ4n) is 2.83. The molecular weight excluding hydrogens is 374 g/mol. The van der Waals surface area contributed by atoms with Crippen molar-refractivity contribution in [1.29, 1.82) is 0 Å². The van der Waals surface area contributed by atoms with Crippen LogP contribution >= 0.6 is 23.2 Å². The fourth-order valence-corrected chi connectivity index (χ4v) is 3.33. The largest absolute Gasteiger partial charge is 0.417 e. The van der Waals surface area contributed by atoms with Crippen molar-refractivity contribution in [3.63, 3.8) is 0 Å². The van der Waals surface area contributed by atoms with Gasteiger partial charge < -0.3 is 4.90 Å². The van der Waals surface area contributed by atoms with E-state index in [-0.39, 0.29) is 5.02 Å². The maximum atomic E-state index is 12.7. The van der Waals surface area contributed by atoms with E-state index in [1.165, 1.54) is 0 Å². The summed E-state index contributed by atoms with van der Waals surface area (Å²) in [5.74, 6) is 0.400. The number of anilines is 1. The molecule has 2 heterocycles. The predicted octanol–water partition coefficient (Wildman–Crippen LogP) is 4.73. The van der Waals surface area contributed by atoms with E-state index in [1.54, 1.807) is 0 Å². The van der Waals surface area contributed by atoms with Crippen LogP contribution in [-0.4, -0.2) is 36.1 Å². The molecule has 0 radical (unpaired) electrons. The lowest BCUT2D eigenvalue weighted by molar-refractivity contribution is -0.137. The van der Waals surface area contributed by atoms with E-state index >= 15 is 0 Å². The van der Waals surface area contributed by atoms with Gasteiger partial charge in [-0.05, 0) is 23.8 Å². The molecule has 1 fully saturated rings. The molecule has 3 rings (SSSR count). The molecule has 134 valence electrons. The summed E-state index contributed by atoms with van der Waals surface area (Å²) in [5, 5.41) is 0.731. The summed E-state index contributed by atoms with van der Waals surface area (Å²) >= 11 is 12.0. The summed E-state index contributed by atoms with van der Waals surface area (Å²) in [7, 11) is 0. The van der Waals surface area contributed by atoms with Crippen LogP contribution in [0.1, 0.15) is 11.1 Å². The summed E-state index contributed by atoms with van der Waals surface area (Å²) < 4.78 is 38.1. The van der Waals surface area contributed by atoms with E-state index in [0.717, 1.165) is 37.5 Å². The van der Waals surface area contributed by atoms with Crippen molar-refractivity contribution in [2.24, 2.45) is 0 Å². The number of hydrogen-bond acceptors (Lipinski definition) is 3. The molecule has 2 aromatic rings. The molecule has 0 spiro atoms. The highest BCUT2D eigenvalue weighted by Gasteiger charge is 2.32. The lowest BCUT2D eigenvalue weighted by Gasteiger charge is -2.35. The zero-order valence-electron chi connectivity index (χ0n) is 13.2. The van der Waals surface area contributed by atoms with Crippen molar-refractivity contribution < 1.29 is 13.2 Å². The number of benzene rings is 1. The van der Waals surface area contributed by atoms with Crippen LogP contribution in [0.2, 0.25) is 10.0 Å². The van der Waals surface area contributed by atoms with Crippen LogP contribution in [0, 0.1) is 0 Å². The number of rotatable bonds is 3. The van der Waals surface area contributed by atoms with E-state index in [2.05, 4.69) is 9.88 Å². The first-order chi connectivity index (χ1) is 11.8. The highest BCUT2D eigenvalue weighted by molar-refractivity contribution is 6.33. The molecule has 1 saturated heterocycles. The van der Waals surface area contributed by atoms with Crippen LogP contribution in [-0.2, 0) is 12.7 Å². The van der Waals surface area contributed by atoms with E-state index < -0.39 is 11.7 Å². The summed E-state index contributed by atoms with van der Waals surface area (Å²) in [5.41, 5.74) is 0.299. The maximum absolute atomic E-state index is 12.7. The highest BCUT2D eigenvalue weighted by Crippen LogP contribution is 2.33. The molecule has 0 amide bonds. The number of nitrogens with zero attached hydrogens (tertiary/aromatic N) is 3. The molecule has 3 nitrogen and oxygen atoms in total. The van der Waals surface area contributed by atoms with Gasteiger partial charge >= 0.3 is 6.18 Å². The Labute approximate surface area is 154 Å². The Morgan fingerprint density at radius 2 is 1.76 bits per heavy atom. The number of aromatic nitrogens is 1. The average molecular weight is 390 g/mol. The zero-order chi connectivity index (χ0) is 18.0. The van der Waals surface area contributed by atoms with Gasteiger partial charge in [-0.1, -0.05) is 35.3 Å². The molecule has 0 N–H and O–H groups in total. The first-order valence-corrected chi connectivity index (χ1v) is 8.53. The molecular formula is C17H16Cl2F3N3. The van der Waals surface area contributed by atoms with E-state index in [1.807, 2.05) is 29.2 Å². The number of pyridine rings is 1. The van der Waals surface area contributed by atoms with Crippen molar-refractivity contribution in [1.82, 2.24) is 9.88 Å². The van der Waals surface area contributed by atoms with Crippen molar-refractivity contribution in [2.45, 2.75) is 12.7 Å². The zero-order valence-corrected chi connectivity index (χ0v) is 14.7. The van der Waals surface area contributed by atoms with Gasteiger partial charge in [0.15, 0.2) is 0 Å². The molecule has 25 heavy (non-hydrogen) atoms. The SMILES string of the molecule is FC(F)(F)c1cnc(N2CCN(Cc3cccc(Cl)c3)CC2)c(Cl)c1. The number of alkyl halides is 3. The minimum atomic E-state index is -4.44. The highest BCUT2D eigenvalue weighted by atomic mass is 35.5. The van der Waals surface area contributed by atoms with Crippen LogP contribution in [0.5, 0.6) is 0 Å². The van der Waals surface area contributed by atoms with Gasteiger partial charge in [0.1, 0.15) is 5.82 Å². The second kappa shape index (κ2) is 7.40. The van der Waals surface area contributed by atoms with Crippen molar-refractivity contribution in [2.75, 3.05) is 31.1 Å². The molecule has 0 aliphatic carbocycles. The normalized spacial score (nSPS) is 16.3. The summed E-state index contributed by atoms with van der Waals surface area (Å²) in [6.45, 7) is 3.62. The molecule has 1 aromatic carbocycles. The van der Waals surface area contributed by atoms with Crippen molar-refractivity contribution >= 4 is 29.0 Å². The minimum absolute atomic E-state index is 0.0260. The van der Waals surface area contributed by atoms with E-state index in [9.17, 15) is 13.2 Å². The van der Waals surface area contributed by atoms with Crippen molar-refractivity contribution in [3.8, 4) is 0 Å². The third-order valence-electron chi connectivity index (χ3n) is 4.12. The lowest BCUT2D eigenvalue weighted by atomic mass is 10.2. The second-order valence-electron chi connectivity index (χ2n) is 5.92. The monoisotopic (exact) mass is 389 g/mol. The van der Waals surface area contributed by atoms with Gasteiger partial charge in [-0.2, -0.15) is 13.2 Å². The van der Waals surface area contributed by atoms with Crippen molar-refractivity contribution in [3.05, 3.63) is 57.7 Å². The molecule has 0 saturated carbocycles. The summed E-state index contributed by atoms with van der Waals surface area (Å²) in [6, 6.07) is 8.64. The Bertz CT molecular complexity index is 744. The molecule has 0 atom stereocenters. The Balaban J connectivity index is 1.62. The third-order valence-corrected chi connectivity index (χ3v) is 4.63. The Morgan fingerprint density at radius 3 is 2.36 bits per heavy atom. The van der Waals surface area contributed by atoms with Crippen LogP contribution in [0.3, 0.4) is 0 Å². The van der Waals surface area contributed by atoms with Gasteiger partial charge in [0.2, 0.25) is 0 Å². The standard InChI is InChI=1S/C17H16Cl2F3N3/c18-14-3-1-2-12(8-14)11-24-4-6-25(7-5-24)16-15(19)9-13(10-23-16)17(20,21)22/h1-3,8-10H,4-7,11H2. The molecule has 0 bridgehead atoms. The number of halogens is 5. The van der Waals surface area contributed by atoms with Gasteiger partial charge in [0.05, 0.1) is 10.6 Å². The number of hydrogen-bond donors (Lipinski definition) is 0. The van der Waals surface area contributed by atoms with Gasteiger partial charge in [0, 0.05) is 43.9 Å². The Hall–Kier alpha value is -1.50. The molecule has 1 aliphatic heterocycles. The van der Waals surface area contributed by atoms with Gasteiger partial charge in [-0.15, -0.1) is 0 Å². The predicted molar refractivity (Wildman–Crippen MR) is 93.2 cm³/mol. The molecule has 1 aliphatic rings. The topological polar surface area (TPSA) is 19.4 Å². The van der Waals surface area contributed by atoms with Crippen LogP contribution in [0.15, 0.2) is 36.5 Å². The maximum Gasteiger partial charge on any atom is 0.417 e. The quantitative estimate of drug-likeness (QED) is 0.756. The average Bonchev–Trinajstić information content (AvgIpc) is 2.55. The summed E-state index contributed by atoms with van der Waals surface area (Å²) in [4.78, 5) is 8.10. The Kier molecular flexibility index (Phi) is 5.41. The number of piperazine rings is 1. The minimum Gasteiger partial charge on any atom is -0.353 e. The van der Waals surface area contributed by atoms with E-state index in [0.29, 0.717) is 23.9 Å². The van der Waals surface area contributed by atoms with Crippen LogP contribution in [0.4, 0.5) is 19.0 Å². The van der Waals surface area contributed by atoms with Gasteiger partial charge in [-0.3, -0.25) is 4.90 Å². The smallest absolute Gasteiger partial charge is 0.353 e. The molecule has 0 unspecified atom stereocenters. The van der Waals surface area contributed by atoms with Gasteiger partial charge in [0.25, 0.3) is 0 Å². The second-order valence-corrected chi connectivity index (χ2v) is 6.76. The van der Waals surface area contributed by atoms with Crippen LogP contribution < -0.4 is 4.90 Å². The van der Waals surface area contributed by atoms with Crippen LogP contribution in [0.25, 0.3) is 0 Å². The lowest BCUT2D eigenvalue weighted by Crippen LogP contribution is -2.46. The Morgan fingerprint density at radius 1 is 1.04 bits per heavy atom. The molecule has 8 heteroatoms. The summed E-state index contributed by atoms with van der Waals surface area (Å²) in [6.07, 6.45) is -3.61. The third kappa shape index (κ3) is 4.57. The van der Waals surface area contributed by atoms with E-state index in [4.69, 9.17) is 23.2 Å².